The summed E-state index contributed by atoms with van der Waals surface area (Å²) in [6.07, 6.45) is 3.96. The molecule has 0 saturated carbocycles. The summed E-state index contributed by atoms with van der Waals surface area (Å²) >= 11 is 5.65. The van der Waals surface area contributed by atoms with E-state index < -0.39 is 5.82 Å². The number of halogens is 2. The molecule has 1 atom stereocenters. The van der Waals surface area contributed by atoms with Crippen LogP contribution in [0.1, 0.15) is 25.8 Å². The van der Waals surface area contributed by atoms with Crippen LogP contribution < -0.4 is 5.32 Å². The molecule has 2 aromatic rings. The number of aryl methyl sites for hydroxylation is 1. The van der Waals surface area contributed by atoms with E-state index in [2.05, 4.69) is 15.5 Å². The number of benzene rings is 1. The molecule has 1 aromatic heterocycles. The fraction of sp³-hybridized carbons (Fsp3) is 0.438. The van der Waals surface area contributed by atoms with Gasteiger partial charge in [0.15, 0.2) is 0 Å². The van der Waals surface area contributed by atoms with Crippen LogP contribution in [0.5, 0.6) is 0 Å². The zero-order valence-corrected chi connectivity index (χ0v) is 13.9. The maximum Gasteiger partial charge on any atom is 0.220 e. The first-order valence-electron chi connectivity index (χ1n) is 7.53. The summed E-state index contributed by atoms with van der Waals surface area (Å²) in [6, 6.07) is 4.54. The smallest absolute Gasteiger partial charge is 0.220 e. The highest BCUT2D eigenvalue weighted by Gasteiger charge is 2.17. The number of nitrogens with one attached hydrogen (secondary N) is 1. The molecule has 0 aliphatic rings. The van der Waals surface area contributed by atoms with Crippen LogP contribution in [0, 0.1) is 11.7 Å². The van der Waals surface area contributed by atoms with E-state index in [9.17, 15) is 9.18 Å². The average Bonchev–Trinajstić information content (AvgIpc) is 3.01. The van der Waals surface area contributed by atoms with Crippen molar-refractivity contribution in [2.24, 2.45) is 5.92 Å². The predicted molar refractivity (Wildman–Crippen MR) is 86.5 cm³/mol. The molecule has 0 spiro atoms. The van der Waals surface area contributed by atoms with Crippen LogP contribution in [-0.4, -0.2) is 26.9 Å². The van der Waals surface area contributed by atoms with E-state index in [0.29, 0.717) is 13.0 Å². The van der Waals surface area contributed by atoms with Gasteiger partial charge in [-0.05, 0) is 30.0 Å². The van der Waals surface area contributed by atoms with Gasteiger partial charge in [-0.2, -0.15) is 15.0 Å². The van der Waals surface area contributed by atoms with E-state index in [1.165, 1.54) is 12.1 Å². The molecular formula is C16H20ClFN4O. The lowest BCUT2D eigenvalue weighted by molar-refractivity contribution is -0.122. The second-order valence-electron chi connectivity index (χ2n) is 5.75. The molecule has 0 bridgehead atoms. The van der Waals surface area contributed by atoms with Gasteiger partial charge in [0.05, 0.1) is 30.0 Å². The molecule has 0 unspecified atom stereocenters. The van der Waals surface area contributed by atoms with Crippen molar-refractivity contribution in [3.05, 3.63) is 47.0 Å². The Labute approximate surface area is 139 Å². The molecule has 7 heteroatoms. The van der Waals surface area contributed by atoms with Gasteiger partial charge >= 0.3 is 0 Å². The Morgan fingerprint density at radius 1 is 1.35 bits per heavy atom. The van der Waals surface area contributed by atoms with Crippen LogP contribution >= 0.6 is 11.6 Å². The highest BCUT2D eigenvalue weighted by atomic mass is 35.5. The highest BCUT2D eigenvalue weighted by molar-refractivity contribution is 6.30. The van der Waals surface area contributed by atoms with Gasteiger partial charge in [-0.15, -0.1) is 0 Å². The number of nitrogens with zero attached hydrogens (tertiary/aromatic N) is 3. The fourth-order valence-electron chi connectivity index (χ4n) is 2.17. The van der Waals surface area contributed by atoms with E-state index in [0.717, 1.165) is 5.56 Å². The Hall–Kier alpha value is -1.95. The standard InChI is InChI=1S/C16H20ClFN4O/c1-11(2)15(10-22-19-7-8-20-22)21-16(23)6-4-12-3-5-13(17)14(18)9-12/h3,5,7-9,11,15H,4,6,10H2,1-2H3,(H,21,23)/t15-/m1/s1. The Morgan fingerprint density at radius 3 is 2.65 bits per heavy atom. The van der Waals surface area contributed by atoms with Gasteiger partial charge in [-0.3, -0.25) is 4.79 Å². The van der Waals surface area contributed by atoms with Crippen molar-refractivity contribution in [3.8, 4) is 0 Å². The van der Waals surface area contributed by atoms with Crippen LogP contribution in [0.4, 0.5) is 4.39 Å². The Balaban J connectivity index is 1.87. The van der Waals surface area contributed by atoms with Crippen LogP contribution in [0.25, 0.3) is 0 Å². The molecule has 2 rings (SSSR count). The number of rotatable bonds is 7. The Morgan fingerprint density at radius 2 is 2.04 bits per heavy atom. The van der Waals surface area contributed by atoms with Crippen molar-refractivity contribution in [2.75, 3.05) is 0 Å². The molecular weight excluding hydrogens is 319 g/mol. The van der Waals surface area contributed by atoms with Crippen molar-refractivity contribution in [2.45, 2.75) is 39.3 Å². The number of hydrogen-bond donors (Lipinski definition) is 1. The topological polar surface area (TPSA) is 59.8 Å². The number of aromatic nitrogens is 3. The first-order valence-corrected chi connectivity index (χ1v) is 7.91. The molecule has 0 aliphatic heterocycles. The van der Waals surface area contributed by atoms with Gasteiger partial charge in [-0.25, -0.2) is 4.39 Å². The summed E-state index contributed by atoms with van der Waals surface area (Å²) in [5, 5.41) is 11.2. The van der Waals surface area contributed by atoms with E-state index in [-0.39, 0.29) is 29.3 Å². The third-order valence-corrected chi connectivity index (χ3v) is 3.91. The molecule has 0 aliphatic carbocycles. The van der Waals surface area contributed by atoms with Gasteiger partial charge in [-0.1, -0.05) is 31.5 Å². The fourth-order valence-corrected chi connectivity index (χ4v) is 2.29. The monoisotopic (exact) mass is 338 g/mol. The average molecular weight is 339 g/mol. The lowest BCUT2D eigenvalue weighted by Gasteiger charge is -2.21. The largest absolute Gasteiger partial charge is 0.351 e. The van der Waals surface area contributed by atoms with Gasteiger partial charge < -0.3 is 5.32 Å². The van der Waals surface area contributed by atoms with Gasteiger partial charge in [0, 0.05) is 6.42 Å². The molecule has 1 aromatic carbocycles. The predicted octanol–water partition coefficient (Wildman–Crippen LogP) is 2.84. The molecule has 0 fully saturated rings. The third-order valence-electron chi connectivity index (χ3n) is 3.60. The first kappa shape index (κ1) is 17.4. The van der Waals surface area contributed by atoms with Crippen LogP contribution in [0.3, 0.4) is 0 Å². The quantitative estimate of drug-likeness (QED) is 0.844. The maximum atomic E-state index is 13.4. The summed E-state index contributed by atoms with van der Waals surface area (Å²) in [6.45, 7) is 4.58. The van der Waals surface area contributed by atoms with Crippen molar-refractivity contribution >= 4 is 17.5 Å². The molecule has 1 N–H and O–H groups in total. The third kappa shape index (κ3) is 5.32. The molecule has 1 heterocycles. The lowest BCUT2D eigenvalue weighted by atomic mass is 10.0. The normalized spacial score (nSPS) is 12.4. The van der Waals surface area contributed by atoms with E-state index in [4.69, 9.17) is 11.6 Å². The van der Waals surface area contributed by atoms with Gasteiger partial charge in [0.1, 0.15) is 5.82 Å². The van der Waals surface area contributed by atoms with E-state index >= 15 is 0 Å². The van der Waals surface area contributed by atoms with Crippen LogP contribution in [0.15, 0.2) is 30.6 Å². The summed E-state index contributed by atoms with van der Waals surface area (Å²) in [5.41, 5.74) is 0.747. The molecule has 0 saturated heterocycles. The van der Waals surface area contributed by atoms with Gasteiger partial charge in [0.2, 0.25) is 5.91 Å². The first-order chi connectivity index (χ1) is 11.0. The Bertz CT molecular complexity index is 646. The Kier molecular flexibility index (Phi) is 6.10. The molecule has 124 valence electrons. The zero-order valence-electron chi connectivity index (χ0n) is 13.2. The molecule has 5 nitrogen and oxygen atoms in total. The minimum Gasteiger partial charge on any atom is -0.351 e. The van der Waals surface area contributed by atoms with Crippen molar-refractivity contribution in [1.82, 2.24) is 20.3 Å². The summed E-state index contributed by atoms with van der Waals surface area (Å²) in [4.78, 5) is 13.7. The summed E-state index contributed by atoms with van der Waals surface area (Å²) in [5.74, 6) is -0.293. The SMILES string of the molecule is CC(C)[C@@H](Cn1nccn1)NC(=O)CCc1ccc(Cl)c(F)c1. The lowest BCUT2D eigenvalue weighted by Crippen LogP contribution is -2.42. The minimum absolute atomic E-state index is 0.0585. The minimum atomic E-state index is -0.464. The second-order valence-corrected chi connectivity index (χ2v) is 6.16. The van der Waals surface area contributed by atoms with Crippen molar-refractivity contribution in [1.29, 1.82) is 0 Å². The van der Waals surface area contributed by atoms with E-state index in [1.807, 2.05) is 13.8 Å². The van der Waals surface area contributed by atoms with Crippen LogP contribution in [0.2, 0.25) is 5.02 Å². The van der Waals surface area contributed by atoms with E-state index in [1.54, 1.807) is 23.3 Å². The zero-order chi connectivity index (χ0) is 16.8. The molecule has 1 amide bonds. The second kappa shape index (κ2) is 8.06. The number of hydrogen-bond acceptors (Lipinski definition) is 3. The number of carbonyl (C=O) groups is 1. The van der Waals surface area contributed by atoms with Gasteiger partial charge in [0.25, 0.3) is 0 Å². The van der Waals surface area contributed by atoms with Crippen LogP contribution in [-0.2, 0) is 17.8 Å². The maximum absolute atomic E-state index is 13.4. The summed E-state index contributed by atoms with van der Waals surface area (Å²) < 4.78 is 13.4. The highest BCUT2D eigenvalue weighted by Crippen LogP contribution is 2.16. The number of carbonyl (C=O) groups excluding carboxylic acids is 1. The molecule has 23 heavy (non-hydrogen) atoms. The summed E-state index contributed by atoms with van der Waals surface area (Å²) in [7, 11) is 0. The van der Waals surface area contributed by atoms with Crippen molar-refractivity contribution in [3.63, 3.8) is 0 Å². The van der Waals surface area contributed by atoms with Crippen molar-refractivity contribution < 1.29 is 9.18 Å². The molecule has 0 radical (unpaired) electrons. The number of amides is 1.